The van der Waals surface area contributed by atoms with Crippen molar-refractivity contribution in [1.29, 1.82) is 0 Å². The van der Waals surface area contributed by atoms with Gasteiger partial charge in [-0.2, -0.15) is 4.98 Å². The van der Waals surface area contributed by atoms with Crippen molar-refractivity contribution in [2.75, 3.05) is 26.2 Å². The summed E-state index contributed by atoms with van der Waals surface area (Å²) in [5.41, 5.74) is 0.706. The van der Waals surface area contributed by atoms with Gasteiger partial charge < -0.3 is 9.84 Å². The lowest BCUT2D eigenvalue weighted by Gasteiger charge is -2.25. The van der Waals surface area contributed by atoms with E-state index >= 15 is 0 Å². The molecule has 1 aliphatic rings. The standard InChI is InChI=1S/C13H14BrFN4O/c14-10-7-9(1-2-11(10)15)13-17-12(18-20-13)8-19-5-3-16-4-6-19/h1-2,7,16H,3-6,8H2. The molecule has 0 bridgehead atoms. The fourth-order valence-electron chi connectivity index (χ4n) is 2.13. The minimum atomic E-state index is -0.311. The average molecular weight is 341 g/mol. The normalized spacial score (nSPS) is 16.5. The van der Waals surface area contributed by atoms with E-state index in [2.05, 4.69) is 36.3 Å². The van der Waals surface area contributed by atoms with E-state index in [-0.39, 0.29) is 5.82 Å². The van der Waals surface area contributed by atoms with E-state index in [4.69, 9.17) is 4.52 Å². The van der Waals surface area contributed by atoms with Crippen LogP contribution in [0.2, 0.25) is 0 Å². The van der Waals surface area contributed by atoms with E-state index in [0.717, 1.165) is 26.2 Å². The minimum absolute atomic E-state index is 0.311. The number of rotatable bonds is 3. The van der Waals surface area contributed by atoms with Gasteiger partial charge in [-0.05, 0) is 34.1 Å². The fraction of sp³-hybridized carbons (Fsp3) is 0.385. The smallest absolute Gasteiger partial charge is 0.258 e. The Kier molecular flexibility index (Phi) is 4.09. The van der Waals surface area contributed by atoms with Crippen LogP contribution >= 0.6 is 15.9 Å². The number of nitrogens with zero attached hydrogens (tertiary/aromatic N) is 3. The third kappa shape index (κ3) is 3.05. The Morgan fingerprint density at radius 3 is 2.90 bits per heavy atom. The van der Waals surface area contributed by atoms with Crippen LogP contribution < -0.4 is 5.32 Å². The van der Waals surface area contributed by atoms with Crippen LogP contribution in [-0.4, -0.2) is 41.2 Å². The molecular weight excluding hydrogens is 327 g/mol. The van der Waals surface area contributed by atoms with Gasteiger partial charge in [0, 0.05) is 31.7 Å². The van der Waals surface area contributed by atoms with Crippen molar-refractivity contribution in [3.63, 3.8) is 0 Å². The second-order valence-corrected chi connectivity index (χ2v) is 5.53. The van der Waals surface area contributed by atoms with Gasteiger partial charge in [0.25, 0.3) is 5.89 Å². The molecule has 0 saturated carbocycles. The van der Waals surface area contributed by atoms with E-state index in [1.54, 1.807) is 12.1 Å². The highest BCUT2D eigenvalue weighted by Crippen LogP contribution is 2.24. The van der Waals surface area contributed by atoms with Gasteiger partial charge in [-0.1, -0.05) is 5.16 Å². The Hall–Kier alpha value is -1.31. The summed E-state index contributed by atoms with van der Waals surface area (Å²) in [5.74, 6) is 0.757. The predicted octanol–water partition coefficient (Wildman–Crippen LogP) is 2.04. The number of hydrogen-bond donors (Lipinski definition) is 1. The molecule has 106 valence electrons. The Balaban J connectivity index is 1.73. The van der Waals surface area contributed by atoms with Crippen LogP contribution in [0.25, 0.3) is 11.5 Å². The number of nitrogens with one attached hydrogen (secondary N) is 1. The highest BCUT2D eigenvalue weighted by molar-refractivity contribution is 9.10. The molecule has 1 aromatic carbocycles. The van der Waals surface area contributed by atoms with Gasteiger partial charge >= 0.3 is 0 Å². The Morgan fingerprint density at radius 1 is 1.35 bits per heavy atom. The highest BCUT2D eigenvalue weighted by Gasteiger charge is 2.15. The average Bonchev–Trinajstić information content (AvgIpc) is 2.91. The lowest BCUT2D eigenvalue weighted by Crippen LogP contribution is -2.43. The van der Waals surface area contributed by atoms with Crippen molar-refractivity contribution in [3.8, 4) is 11.5 Å². The molecular formula is C13H14BrFN4O. The number of aromatic nitrogens is 2. The summed E-state index contributed by atoms with van der Waals surface area (Å²) in [6.07, 6.45) is 0. The van der Waals surface area contributed by atoms with Crippen LogP contribution in [0.3, 0.4) is 0 Å². The largest absolute Gasteiger partial charge is 0.334 e. The zero-order valence-electron chi connectivity index (χ0n) is 10.8. The van der Waals surface area contributed by atoms with Gasteiger partial charge in [0.05, 0.1) is 11.0 Å². The van der Waals surface area contributed by atoms with E-state index in [0.29, 0.717) is 28.3 Å². The van der Waals surface area contributed by atoms with Crippen molar-refractivity contribution >= 4 is 15.9 Å². The SMILES string of the molecule is Fc1ccc(-c2nc(CN3CCNCC3)no2)cc1Br. The van der Waals surface area contributed by atoms with Gasteiger partial charge in [0.2, 0.25) is 0 Å². The first-order chi connectivity index (χ1) is 9.72. The van der Waals surface area contributed by atoms with Crippen LogP contribution in [0.4, 0.5) is 4.39 Å². The maximum absolute atomic E-state index is 13.2. The number of piperazine rings is 1. The molecule has 2 aromatic rings. The van der Waals surface area contributed by atoms with Crippen molar-refractivity contribution < 1.29 is 8.91 Å². The zero-order chi connectivity index (χ0) is 13.9. The molecule has 5 nitrogen and oxygen atoms in total. The van der Waals surface area contributed by atoms with Crippen molar-refractivity contribution in [2.24, 2.45) is 0 Å². The van der Waals surface area contributed by atoms with Gasteiger partial charge in [-0.25, -0.2) is 4.39 Å². The van der Waals surface area contributed by atoms with Crippen LogP contribution in [0.5, 0.6) is 0 Å². The Labute approximate surface area is 124 Å². The Bertz CT molecular complexity index is 598. The van der Waals surface area contributed by atoms with Crippen molar-refractivity contribution in [3.05, 3.63) is 34.3 Å². The minimum Gasteiger partial charge on any atom is -0.334 e. The fourth-order valence-corrected chi connectivity index (χ4v) is 2.51. The first kappa shape index (κ1) is 13.7. The Morgan fingerprint density at radius 2 is 2.15 bits per heavy atom. The summed E-state index contributed by atoms with van der Waals surface area (Å²) < 4.78 is 18.8. The van der Waals surface area contributed by atoms with Gasteiger partial charge in [0.15, 0.2) is 5.82 Å². The molecule has 0 amide bonds. The highest BCUT2D eigenvalue weighted by atomic mass is 79.9. The third-order valence-electron chi connectivity index (χ3n) is 3.21. The molecule has 0 atom stereocenters. The van der Waals surface area contributed by atoms with Crippen molar-refractivity contribution in [1.82, 2.24) is 20.4 Å². The van der Waals surface area contributed by atoms with Crippen LogP contribution in [0, 0.1) is 5.82 Å². The van der Waals surface area contributed by atoms with E-state index in [1.165, 1.54) is 6.07 Å². The molecule has 1 aromatic heterocycles. The lowest BCUT2D eigenvalue weighted by molar-refractivity contribution is 0.225. The molecule has 0 radical (unpaired) electrons. The van der Waals surface area contributed by atoms with E-state index in [9.17, 15) is 4.39 Å². The van der Waals surface area contributed by atoms with Crippen LogP contribution in [0.15, 0.2) is 27.2 Å². The predicted molar refractivity (Wildman–Crippen MR) is 75.5 cm³/mol. The maximum Gasteiger partial charge on any atom is 0.258 e. The second kappa shape index (κ2) is 5.99. The van der Waals surface area contributed by atoms with E-state index in [1.807, 2.05) is 0 Å². The lowest BCUT2D eigenvalue weighted by atomic mass is 10.2. The molecule has 2 heterocycles. The molecule has 0 spiro atoms. The molecule has 0 unspecified atom stereocenters. The zero-order valence-corrected chi connectivity index (χ0v) is 12.4. The van der Waals surface area contributed by atoms with Gasteiger partial charge in [0.1, 0.15) is 5.82 Å². The molecule has 3 rings (SSSR count). The molecule has 1 fully saturated rings. The summed E-state index contributed by atoms with van der Waals surface area (Å²) in [6, 6.07) is 4.64. The van der Waals surface area contributed by atoms with E-state index < -0.39 is 0 Å². The molecule has 1 N–H and O–H groups in total. The van der Waals surface area contributed by atoms with Crippen LogP contribution in [0.1, 0.15) is 5.82 Å². The molecule has 1 aliphatic heterocycles. The summed E-state index contributed by atoms with van der Waals surface area (Å²) in [5, 5.41) is 7.28. The number of halogens is 2. The van der Waals surface area contributed by atoms with Gasteiger partial charge in [-0.15, -0.1) is 0 Å². The van der Waals surface area contributed by atoms with Crippen LogP contribution in [-0.2, 0) is 6.54 Å². The molecule has 1 saturated heterocycles. The van der Waals surface area contributed by atoms with Gasteiger partial charge in [-0.3, -0.25) is 4.90 Å². The number of benzene rings is 1. The second-order valence-electron chi connectivity index (χ2n) is 4.67. The number of hydrogen-bond acceptors (Lipinski definition) is 5. The topological polar surface area (TPSA) is 54.2 Å². The molecule has 0 aliphatic carbocycles. The summed E-state index contributed by atoms with van der Waals surface area (Å²) in [6.45, 7) is 4.59. The summed E-state index contributed by atoms with van der Waals surface area (Å²) >= 11 is 3.15. The quantitative estimate of drug-likeness (QED) is 0.926. The van der Waals surface area contributed by atoms with Crippen molar-refractivity contribution in [2.45, 2.75) is 6.54 Å². The monoisotopic (exact) mass is 340 g/mol. The molecule has 20 heavy (non-hydrogen) atoms. The maximum atomic E-state index is 13.2. The first-order valence-electron chi connectivity index (χ1n) is 6.43. The third-order valence-corrected chi connectivity index (χ3v) is 3.82. The molecule has 7 heteroatoms. The first-order valence-corrected chi connectivity index (χ1v) is 7.23. The summed E-state index contributed by atoms with van der Waals surface area (Å²) in [4.78, 5) is 6.63. The summed E-state index contributed by atoms with van der Waals surface area (Å²) in [7, 11) is 0.